The average molecular weight is 344 g/mol. The second-order valence-corrected chi connectivity index (χ2v) is 8.29. The molecule has 1 atom stereocenters. The van der Waals surface area contributed by atoms with Crippen LogP contribution in [0.4, 0.5) is 4.79 Å². The molecule has 0 amide bonds. The molecule has 1 aromatic heterocycles. The molecule has 5 nitrogen and oxygen atoms in total. The van der Waals surface area contributed by atoms with Gasteiger partial charge < -0.3 is 9.47 Å². The second-order valence-electron chi connectivity index (χ2n) is 8.29. The molecular formula is C20H28N2O3. The van der Waals surface area contributed by atoms with Crippen LogP contribution in [0.15, 0.2) is 43.0 Å². The summed E-state index contributed by atoms with van der Waals surface area (Å²) < 4.78 is 12.8. The van der Waals surface area contributed by atoms with Crippen molar-refractivity contribution in [2.45, 2.75) is 53.1 Å². The Morgan fingerprint density at radius 1 is 1.12 bits per heavy atom. The van der Waals surface area contributed by atoms with E-state index in [9.17, 15) is 4.79 Å². The summed E-state index contributed by atoms with van der Waals surface area (Å²) in [6.45, 7) is 12.9. The van der Waals surface area contributed by atoms with Gasteiger partial charge in [-0.2, -0.15) is 0 Å². The molecule has 0 fully saturated rings. The lowest BCUT2D eigenvalue weighted by atomic mass is 9.87. The van der Waals surface area contributed by atoms with E-state index >= 15 is 0 Å². The van der Waals surface area contributed by atoms with Crippen LogP contribution >= 0.6 is 0 Å². The molecule has 2 aromatic rings. The molecule has 136 valence electrons. The number of ether oxygens (including phenoxy) is 2. The van der Waals surface area contributed by atoms with Gasteiger partial charge >= 0.3 is 6.09 Å². The number of benzene rings is 1. The van der Waals surface area contributed by atoms with E-state index in [1.54, 1.807) is 12.4 Å². The number of nitrogens with zero attached hydrogens (tertiary/aromatic N) is 2. The minimum Gasteiger partial charge on any atom is -0.490 e. The third kappa shape index (κ3) is 5.34. The van der Waals surface area contributed by atoms with Gasteiger partial charge in [0, 0.05) is 17.8 Å². The van der Waals surface area contributed by atoms with Crippen molar-refractivity contribution in [3.8, 4) is 5.75 Å². The molecule has 5 heteroatoms. The monoisotopic (exact) mass is 344 g/mol. The summed E-state index contributed by atoms with van der Waals surface area (Å²) in [5.74, 6) is 0.765. The Hall–Kier alpha value is -2.30. The summed E-state index contributed by atoms with van der Waals surface area (Å²) >= 11 is 0. The normalized spacial score (nSPS) is 13.4. The Bertz CT molecular complexity index is 677. The third-order valence-corrected chi connectivity index (χ3v) is 4.05. The van der Waals surface area contributed by atoms with E-state index in [0.29, 0.717) is 6.61 Å². The van der Waals surface area contributed by atoms with Crippen LogP contribution in [0, 0.1) is 5.41 Å². The van der Waals surface area contributed by atoms with Gasteiger partial charge in [-0.15, -0.1) is 0 Å². The molecule has 1 heterocycles. The average Bonchev–Trinajstić information content (AvgIpc) is 3.04. The van der Waals surface area contributed by atoms with E-state index in [4.69, 9.17) is 9.47 Å². The Morgan fingerprint density at radius 2 is 1.76 bits per heavy atom. The van der Waals surface area contributed by atoms with Crippen LogP contribution in [0.5, 0.6) is 5.75 Å². The van der Waals surface area contributed by atoms with Crippen LogP contribution in [0.1, 0.15) is 47.1 Å². The fraction of sp³-hybridized carbons (Fsp3) is 0.500. The summed E-state index contributed by atoms with van der Waals surface area (Å²) in [7, 11) is 0. The Morgan fingerprint density at radius 3 is 2.24 bits per heavy atom. The number of imidazole rings is 1. The maximum absolute atomic E-state index is 12.2. The van der Waals surface area contributed by atoms with Crippen LogP contribution in [-0.2, 0) is 10.2 Å². The van der Waals surface area contributed by atoms with Gasteiger partial charge in [0.15, 0.2) is 0 Å². The summed E-state index contributed by atoms with van der Waals surface area (Å²) in [6, 6.07) is 8.05. The van der Waals surface area contributed by atoms with Crippen LogP contribution in [-0.4, -0.2) is 28.4 Å². The number of carbonyl (C=O) groups excluding carboxylic acids is 1. The maximum atomic E-state index is 12.2. The maximum Gasteiger partial charge on any atom is 0.419 e. The van der Waals surface area contributed by atoms with Crippen molar-refractivity contribution in [3.63, 3.8) is 0 Å². The largest absolute Gasteiger partial charge is 0.490 e. The molecule has 0 bridgehead atoms. The van der Waals surface area contributed by atoms with Crippen molar-refractivity contribution in [2.75, 3.05) is 6.61 Å². The molecule has 0 radical (unpaired) electrons. The highest BCUT2D eigenvalue weighted by Gasteiger charge is 2.29. The van der Waals surface area contributed by atoms with Gasteiger partial charge in [0.05, 0.1) is 0 Å². The van der Waals surface area contributed by atoms with Crippen molar-refractivity contribution in [2.24, 2.45) is 5.41 Å². The molecule has 2 rings (SSSR count). The number of aromatic nitrogens is 2. The van der Waals surface area contributed by atoms with E-state index in [1.165, 1.54) is 16.5 Å². The van der Waals surface area contributed by atoms with E-state index in [-0.39, 0.29) is 16.9 Å². The van der Waals surface area contributed by atoms with Crippen molar-refractivity contribution in [1.82, 2.24) is 9.55 Å². The van der Waals surface area contributed by atoms with Gasteiger partial charge in [-0.3, -0.25) is 0 Å². The van der Waals surface area contributed by atoms with Gasteiger partial charge in [-0.1, -0.05) is 53.7 Å². The predicted molar refractivity (Wildman–Crippen MR) is 98.0 cm³/mol. The fourth-order valence-corrected chi connectivity index (χ4v) is 2.23. The van der Waals surface area contributed by atoms with Crippen LogP contribution in [0.25, 0.3) is 0 Å². The first-order valence-corrected chi connectivity index (χ1v) is 8.49. The van der Waals surface area contributed by atoms with Crippen molar-refractivity contribution in [3.05, 3.63) is 48.5 Å². The van der Waals surface area contributed by atoms with Gasteiger partial charge in [0.2, 0.25) is 0 Å². The number of hydrogen-bond acceptors (Lipinski definition) is 4. The van der Waals surface area contributed by atoms with Gasteiger partial charge in [0.1, 0.15) is 24.8 Å². The first kappa shape index (κ1) is 19.0. The predicted octanol–water partition coefficient (Wildman–Crippen LogP) is 4.66. The number of rotatable bonds is 4. The SMILES string of the molecule is CC(C)(C)c1ccc(OCC(OC(=O)n2ccnc2)C(C)(C)C)cc1. The smallest absolute Gasteiger partial charge is 0.419 e. The highest BCUT2D eigenvalue weighted by molar-refractivity contribution is 5.70. The lowest BCUT2D eigenvalue weighted by molar-refractivity contribution is 0.00209. The minimum absolute atomic E-state index is 0.104. The van der Waals surface area contributed by atoms with E-state index in [2.05, 4.69) is 37.9 Å². The standard InChI is InChI=1S/C20H28N2O3/c1-19(2,3)15-7-9-16(10-8-15)24-13-17(20(4,5)6)25-18(23)22-12-11-21-14-22/h7-12,14,17H,13H2,1-6H3. The zero-order valence-corrected chi connectivity index (χ0v) is 15.9. The summed E-state index contributed by atoms with van der Waals surface area (Å²) in [5, 5.41) is 0. The number of hydrogen-bond donors (Lipinski definition) is 0. The van der Waals surface area contributed by atoms with E-state index in [0.717, 1.165) is 5.75 Å². The van der Waals surface area contributed by atoms with Crippen LogP contribution in [0.2, 0.25) is 0 Å². The lowest BCUT2D eigenvalue weighted by Gasteiger charge is -2.30. The van der Waals surface area contributed by atoms with Gasteiger partial charge in [-0.05, 0) is 23.1 Å². The zero-order chi connectivity index (χ0) is 18.7. The third-order valence-electron chi connectivity index (χ3n) is 4.05. The number of carbonyl (C=O) groups is 1. The molecule has 0 N–H and O–H groups in total. The molecule has 0 saturated heterocycles. The highest BCUT2D eigenvalue weighted by Crippen LogP contribution is 2.26. The molecule has 0 aliphatic carbocycles. The van der Waals surface area contributed by atoms with Crippen LogP contribution in [0.3, 0.4) is 0 Å². The molecule has 25 heavy (non-hydrogen) atoms. The molecule has 1 unspecified atom stereocenters. The Balaban J connectivity index is 2.02. The van der Waals surface area contributed by atoms with Crippen molar-refractivity contribution >= 4 is 6.09 Å². The quantitative estimate of drug-likeness (QED) is 0.809. The second kappa shape index (κ2) is 7.30. The van der Waals surface area contributed by atoms with Gasteiger partial charge in [-0.25, -0.2) is 14.3 Å². The van der Waals surface area contributed by atoms with Crippen LogP contribution < -0.4 is 4.74 Å². The summed E-state index contributed by atoms with van der Waals surface area (Å²) in [5.41, 5.74) is 1.10. The highest BCUT2D eigenvalue weighted by atomic mass is 16.6. The zero-order valence-electron chi connectivity index (χ0n) is 15.9. The molecule has 0 aliphatic heterocycles. The molecule has 0 spiro atoms. The van der Waals surface area contributed by atoms with Crippen molar-refractivity contribution < 1.29 is 14.3 Å². The fourth-order valence-electron chi connectivity index (χ4n) is 2.23. The summed E-state index contributed by atoms with van der Waals surface area (Å²) in [4.78, 5) is 16.0. The summed E-state index contributed by atoms with van der Waals surface area (Å²) in [6.07, 6.45) is 3.69. The van der Waals surface area contributed by atoms with E-state index in [1.807, 2.05) is 32.9 Å². The molecule has 1 aromatic carbocycles. The molecule has 0 saturated carbocycles. The first-order valence-electron chi connectivity index (χ1n) is 8.49. The lowest BCUT2D eigenvalue weighted by Crippen LogP contribution is -2.37. The Labute approximate surface area is 150 Å². The molecular weight excluding hydrogens is 316 g/mol. The first-order chi connectivity index (χ1) is 11.6. The van der Waals surface area contributed by atoms with Crippen molar-refractivity contribution in [1.29, 1.82) is 0 Å². The van der Waals surface area contributed by atoms with E-state index < -0.39 is 6.09 Å². The van der Waals surface area contributed by atoms with Gasteiger partial charge in [0.25, 0.3) is 0 Å². The minimum atomic E-state index is -0.455. The topological polar surface area (TPSA) is 53.4 Å². The Kier molecular flexibility index (Phi) is 5.55. The molecule has 0 aliphatic rings.